The number of hydrogen-bond donors (Lipinski definition) is 0. The van der Waals surface area contributed by atoms with Crippen LogP contribution < -0.4 is 0 Å². The third-order valence-corrected chi connectivity index (χ3v) is 7.33. The fourth-order valence-corrected chi connectivity index (χ4v) is 5.39. The van der Waals surface area contributed by atoms with Crippen LogP contribution in [0.25, 0.3) is 0 Å². The molecule has 0 bridgehead atoms. The van der Waals surface area contributed by atoms with Gasteiger partial charge >= 0.3 is 0 Å². The standard InChI is InChI=1S/C22H27FN2O3S/c1-24(16-18-10-8-9-15-21(18)23)22(26)17-25(19-11-4-2-5-12-19)29(27,28)20-13-6-3-7-14-20/h3,6-10,13-15,19H,2,4-5,11-12,16-17H2,1H3. The molecule has 2 aromatic carbocycles. The maximum absolute atomic E-state index is 13.9. The number of nitrogens with zero attached hydrogens (tertiary/aromatic N) is 2. The van der Waals surface area contributed by atoms with E-state index >= 15 is 0 Å². The third-order valence-electron chi connectivity index (χ3n) is 5.41. The first-order valence-electron chi connectivity index (χ1n) is 9.94. The smallest absolute Gasteiger partial charge is 0.243 e. The van der Waals surface area contributed by atoms with Gasteiger partial charge in [0.15, 0.2) is 0 Å². The lowest BCUT2D eigenvalue weighted by Gasteiger charge is -2.34. The Morgan fingerprint density at radius 2 is 1.62 bits per heavy atom. The SMILES string of the molecule is CN(Cc1ccccc1F)C(=O)CN(C1CCCCC1)S(=O)(=O)c1ccccc1. The number of amides is 1. The fraction of sp³-hybridized carbons (Fsp3) is 0.409. The van der Waals surface area contributed by atoms with Gasteiger partial charge < -0.3 is 4.90 Å². The normalized spacial score (nSPS) is 15.4. The van der Waals surface area contributed by atoms with E-state index in [0.29, 0.717) is 5.56 Å². The molecule has 0 aromatic heterocycles. The zero-order chi connectivity index (χ0) is 20.9. The Labute approximate surface area is 172 Å². The monoisotopic (exact) mass is 418 g/mol. The summed E-state index contributed by atoms with van der Waals surface area (Å²) in [5.74, 6) is -0.730. The topological polar surface area (TPSA) is 57.7 Å². The van der Waals surface area contributed by atoms with Gasteiger partial charge in [-0.1, -0.05) is 55.7 Å². The summed E-state index contributed by atoms with van der Waals surface area (Å²) in [5.41, 5.74) is 0.401. The second kappa shape index (κ2) is 9.50. The molecule has 1 amide bonds. The molecule has 1 saturated carbocycles. The van der Waals surface area contributed by atoms with Crippen LogP contribution in [-0.4, -0.2) is 43.2 Å². The molecule has 2 aromatic rings. The zero-order valence-electron chi connectivity index (χ0n) is 16.6. The Hall–Kier alpha value is -2.25. The van der Waals surface area contributed by atoms with E-state index in [1.54, 1.807) is 55.6 Å². The molecule has 0 saturated heterocycles. The van der Waals surface area contributed by atoms with Gasteiger partial charge in [0, 0.05) is 25.2 Å². The molecule has 0 N–H and O–H groups in total. The van der Waals surface area contributed by atoms with Crippen molar-refractivity contribution in [3.8, 4) is 0 Å². The first-order chi connectivity index (χ1) is 13.9. The molecule has 7 heteroatoms. The summed E-state index contributed by atoms with van der Waals surface area (Å²) >= 11 is 0. The molecule has 0 aliphatic heterocycles. The Balaban J connectivity index is 1.81. The molecule has 3 rings (SSSR count). The van der Waals surface area contributed by atoms with Crippen LogP contribution in [-0.2, 0) is 21.4 Å². The van der Waals surface area contributed by atoms with Crippen molar-refractivity contribution in [1.82, 2.24) is 9.21 Å². The highest BCUT2D eigenvalue weighted by atomic mass is 32.2. The number of halogens is 1. The third kappa shape index (κ3) is 5.22. The van der Waals surface area contributed by atoms with Crippen LogP contribution in [0.1, 0.15) is 37.7 Å². The summed E-state index contributed by atoms with van der Waals surface area (Å²) in [7, 11) is -2.23. The highest BCUT2D eigenvalue weighted by Crippen LogP contribution is 2.28. The Bertz CT molecular complexity index is 928. The van der Waals surface area contributed by atoms with Gasteiger partial charge in [-0.2, -0.15) is 4.31 Å². The minimum Gasteiger partial charge on any atom is -0.340 e. The fourth-order valence-electron chi connectivity index (χ4n) is 3.73. The highest BCUT2D eigenvalue weighted by Gasteiger charge is 2.34. The Morgan fingerprint density at radius 3 is 2.28 bits per heavy atom. The van der Waals surface area contributed by atoms with E-state index in [1.807, 2.05) is 0 Å². The number of hydrogen-bond acceptors (Lipinski definition) is 3. The van der Waals surface area contributed by atoms with Crippen LogP contribution in [0.15, 0.2) is 59.5 Å². The van der Waals surface area contributed by atoms with Crippen molar-refractivity contribution in [2.75, 3.05) is 13.6 Å². The maximum atomic E-state index is 13.9. The number of sulfonamides is 1. The van der Waals surface area contributed by atoms with Crippen LogP contribution in [0.5, 0.6) is 0 Å². The molecule has 156 valence electrons. The molecule has 0 heterocycles. The lowest BCUT2D eigenvalue weighted by Crippen LogP contribution is -2.47. The van der Waals surface area contributed by atoms with Gasteiger partial charge in [0.2, 0.25) is 15.9 Å². The molecular formula is C22H27FN2O3S. The lowest BCUT2D eigenvalue weighted by molar-refractivity contribution is -0.131. The van der Waals surface area contributed by atoms with Gasteiger partial charge in [0.05, 0.1) is 11.4 Å². The molecule has 1 fully saturated rings. The predicted octanol–water partition coefficient (Wildman–Crippen LogP) is 3.81. The summed E-state index contributed by atoms with van der Waals surface area (Å²) in [6, 6.07) is 14.3. The van der Waals surface area contributed by atoms with Crippen LogP contribution in [0.3, 0.4) is 0 Å². The van der Waals surface area contributed by atoms with Crippen molar-refractivity contribution in [3.63, 3.8) is 0 Å². The minimum absolute atomic E-state index is 0.0927. The molecule has 1 aliphatic carbocycles. The van der Waals surface area contributed by atoms with Gasteiger partial charge in [0.1, 0.15) is 5.82 Å². The minimum atomic E-state index is -3.80. The van der Waals surface area contributed by atoms with E-state index in [1.165, 1.54) is 15.3 Å². The molecule has 0 spiro atoms. The number of benzene rings is 2. The molecule has 5 nitrogen and oxygen atoms in total. The first-order valence-corrected chi connectivity index (χ1v) is 11.4. The van der Waals surface area contributed by atoms with Crippen molar-refractivity contribution >= 4 is 15.9 Å². The first kappa shape index (κ1) is 21.5. The molecule has 0 radical (unpaired) electrons. The van der Waals surface area contributed by atoms with E-state index < -0.39 is 10.0 Å². The van der Waals surface area contributed by atoms with E-state index in [4.69, 9.17) is 0 Å². The van der Waals surface area contributed by atoms with Gasteiger partial charge in [-0.3, -0.25) is 4.79 Å². The number of carbonyl (C=O) groups excluding carboxylic acids is 1. The Morgan fingerprint density at radius 1 is 1.00 bits per heavy atom. The predicted molar refractivity (Wildman–Crippen MR) is 110 cm³/mol. The molecule has 1 aliphatic rings. The van der Waals surface area contributed by atoms with Gasteiger partial charge in [0.25, 0.3) is 0 Å². The van der Waals surface area contributed by atoms with Crippen molar-refractivity contribution in [2.45, 2.75) is 49.6 Å². The molecule has 0 unspecified atom stereocenters. The summed E-state index contributed by atoms with van der Waals surface area (Å²) in [6.07, 6.45) is 4.47. The second-order valence-corrected chi connectivity index (χ2v) is 9.39. The lowest BCUT2D eigenvalue weighted by atomic mass is 9.95. The van der Waals surface area contributed by atoms with Crippen LogP contribution in [0, 0.1) is 5.82 Å². The van der Waals surface area contributed by atoms with Crippen molar-refractivity contribution in [3.05, 3.63) is 66.0 Å². The Kier molecular flexibility index (Phi) is 7.03. The zero-order valence-corrected chi connectivity index (χ0v) is 17.4. The summed E-state index contributed by atoms with van der Waals surface area (Å²) in [5, 5.41) is 0. The van der Waals surface area contributed by atoms with E-state index in [0.717, 1.165) is 32.1 Å². The van der Waals surface area contributed by atoms with Crippen molar-refractivity contribution in [1.29, 1.82) is 0 Å². The van der Waals surface area contributed by atoms with Crippen molar-refractivity contribution < 1.29 is 17.6 Å². The quantitative estimate of drug-likeness (QED) is 0.687. The van der Waals surface area contributed by atoms with Gasteiger partial charge in [-0.05, 0) is 31.0 Å². The summed E-state index contributed by atoms with van der Waals surface area (Å²) < 4.78 is 41.9. The molecule has 29 heavy (non-hydrogen) atoms. The second-order valence-electron chi connectivity index (χ2n) is 7.50. The number of rotatable bonds is 7. The van der Waals surface area contributed by atoms with Crippen LogP contribution in [0.2, 0.25) is 0 Å². The average Bonchev–Trinajstić information content (AvgIpc) is 2.74. The molecular weight excluding hydrogens is 391 g/mol. The highest BCUT2D eigenvalue weighted by molar-refractivity contribution is 7.89. The van der Waals surface area contributed by atoms with Gasteiger partial charge in [-0.15, -0.1) is 0 Å². The number of carbonyl (C=O) groups is 1. The van der Waals surface area contributed by atoms with Gasteiger partial charge in [-0.25, -0.2) is 12.8 Å². The maximum Gasteiger partial charge on any atom is 0.243 e. The van der Waals surface area contributed by atoms with Crippen molar-refractivity contribution in [2.24, 2.45) is 0 Å². The van der Waals surface area contributed by atoms with E-state index in [2.05, 4.69) is 0 Å². The van der Waals surface area contributed by atoms with E-state index in [-0.39, 0.29) is 35.8 Å². The largest absolute Gasteiger partial charge is 0.340 e. The summed E-state index contributed by atoms with van der Waals surface area (Å²) in [6.45, 7) is -0.151. The average molecular weight is 419 g/mol. The van der Waals surface area contributed by atoms with Crippen LogP contribution in [0.4, 0.5) is 4.39 Å². The molecule has 0 atom stereocenters. The van der Waals surface area contributed by atoms with Crippen LogP contribution >= 0.6 is 0 Å². The number of likely N-dealkylation sites (N-methyl/N-ethyl adjacent to an activating group) is 1. The van der Waals surface area contributed by atoms with E-state index in [9.17, 15) is 17.6 Å². The summed E-state index contributed by atoms with van der Waals surface area (Å²) in [4.78, 5) is 14.5.